The molecule has 0 aliphatic carbocycles. The van der Waals surface area contributed by atoms with E-state index in [9.17, 15) is 14.7 Å². The summed E-state index contributed by atoms with van der Waals surface area (Å²) in [6.07, 6.45) is 0. The minimum atomic E-state index is -0.666. The summed E-state index contributed by atoms with van der Waals surface area (Å²) in [5.74, 6) is -0.346. The van der Waals surface area contributed by atoms with E-state index in [2.05, 4.69) is 4.98 Å². The Kier molecular flexibility index (Phi) is 3.48. The van der Waals surface area contributed by atoms with Crippen molar-refractivity contribution in [3.63, 3.8) is 0 Å². The predicted molar refractivity (Wildman–Crippen MR) is 73.0 cm³/mol. The van der Waals surface area contributed by atoms with Gasteiger partial charge in [0.25, 0.3) is 5.56 Å². The Morgan fingerprint density at radius 2 is 1.95 bits per heavy atom. The Morgan fingerprint density at radius 1 is 1.32 bits per heavy atom. The van der Waals surface area contributed by atoms with Gasteiger partial charge in [-0.1, -0.05) is 29.8 Å². The number of rotatable bonds is 2. The maximum atomic E-state index is 11.8. The molecule has 2 rings (SSSR count). The first-order valence-electron chi connectivity index (χ1n) is 5.72. The highest BCUT2D eigenvalue weighted by Crippen LogP contribution is 2.27. The predicted octanol–water partition coefficient (Wildman–Crippen LogP) is 1.81. The second-order valence-electron chi connectivity index (χ2n) is 4.28. The largest absolute Gasteiger partial charge is 0.494 e. The molecule has 2 N–H and O–H groups in total. The smallest absolute Gasteiger partial charge is 0.331 e. The van der Waals surface area contributed by atoms with Gasteiger partial charge in [-0.05, 0) is 25.5 Å². The fourth-order valence-corrected chi connectivity index (χ4v) is 2.24. The number of halogens is 1. The van der Waals surface area contributed by atoms with Gasteiger partial charge in [0.15, 0.2) is 0 Å². The van der Waals surface area contributed by atoms with Gasteiger partial charge >= 0.3 is 5.69 Å². The summed E-state index contributed by atoms with van der Waals surface area (Å²) >= 11 is 6.08. The second-order valence-corrected chi connectivity index (χ2v) is 4.68. The maximum Gasteiger partial charge on any atom is 0.331 e. The summed E-state index contributed by atoms with van der Waals surface area (Å²) in [6.45, 7) is 3.17. The minimum absolute atomic E-state index is 0.0958. The monoisotopic (exact) mass is 280 g/mol. The first kappa shape index (κ1) is 13.4. The van der Waals surface area contributed by atoms with Crippen LogP contribution in [-0.2, 0) is 0 Å². The number of hydrogen-bond acceptors (Lipinski definition) is 3. The summed E-state index contributed by atoms with van der Waals surface area (Å²) in [5.41, 5.74) is -0.475. The second kappa shape index (κ2) is 4.93. The van der Waals surface area contributed by atoms with Crippen LogP contribution in [0.3, 0.4) is 0 Å². The van der Waals surface area contributed by atoms with Crippen molar-refractivity contribution in [2.24, 2.45) is 0 Å². The summed E-state index contributed by atoms with van der Waals surface area (Å²) in [4.78, 5) is 25.4. The third kappa shape index (κ3) is 2.29. The van der Waals surface area contributed by atoms with Crippen molar-refractivity contribution in [1.82, 2.24) is 9.55 Å². The van der Waals surface area contributed by atoms with E-state index >= 15 is 0 Å². The van der Waals surface area contributed by atoms with Crippen LogP contribution in [0, 0.1) is 6.92 Å². The summed E-state index contributed by atoms with van der Waals surface area (Å²) in [6, 6.07) is 6.54. The van der Waals surface area contributed by atoms with Crippen molar-refractivity contribution in [3.05, 3.63) is 61.3 Å². The molecule has 0 saturated heterocycles. The molecule has 0 spiro atoms. The van der Waals surface area contributed by atoms with E-state index in [-0.39, 0.29) is 11.4 Å². The molecule has 1 unspecified atom stereocenters. The highest BCUT2D eigenvalue weighted by molar-refractivity contribution is 6.31. The number of aromatic amines is 1. The molecule has 100 valence electrons. The van der Waals surface area contributed by atoms with Crippen molar-refractivity contribution in [2.45, 2.75) is 19.9 Å². The fraction of sp³-hybridized carbons (Fsp3) is 0.231. The van der Waals surface area contributed by atoms with Gasteiger partial charge in [-0.25, -0.2) is 4.79 Å². The zero-order valence-electron chi connectivity index (χ0n) is 10.5. The Hall–Kier alpha value is -2.01. The van der Waals surface area contributed by atoms with Crippen molar-refractivity contribution in [1.29, 1.82) is 0 Å². The quantitative estimate of drug-likeness (QED) is 0.881. The molecule has 0 aliphatic rings. The van der Waals surface area contributed by atoms with Crippen molar-refractivity contribution >= 4 is 11.6 Å². The van der Waals surface area contributed by atoms with Gasteiger partial charge in [-0.2, -0.15) is 0 Å². The number of nitrogens with zero attached hydrogens (tertiary/aromatic N) is 1. The van der Waals surface area contributed by atoms with Crippen molar-refractivity contribution < 1.29 is 5.11 Å². The number of aromatic hydroxyl groups is 1. The van der Waals surface area contributed by atoms with Gasteiger partial charge in [-0.3, -0.25) is 14.3 Å². The molecular formula is C13H13ClN2O3. The number of benzene rings is 1. The van der Waals surface area contributed by atoms with Gasteiger partial charge in [0.1, 0.15) is 0 Å². The lowest BCUT2D eigenvalue weighted by molar-refractivity contribution is 0.384. The molecule has 1 aromatic heterocycles. The lowest BCUT2D eigenvalue weighted by Gasteiger charge is -2.18. The highest BCUT2D eigenvalue weighted by atomic mass is 35.5. The van der Waals surface area contributed by atoms with Crippen LogP contribution in [-0.4, -0.2) is 14.7 Å². The van der Waals surface area contributed by atoms with Crippen LogP contribution in [0.2, 0.25) is 5.02 Å². The third-order valence-electron chi connectivity index (χ3n) is 3.09. The molecule has 0 radical (unpaired) electrons. The van der Waals surface area contributed by atoms with Crippen LogP contribution in [0.15, 0.2) is 33.9 Å². The molecule has 0 aliphatic heterocycles. The zero-order valence-corrected chi connectivity index (χ0v) is 11.2. The van der Waals surface area contributed by atoms with E-state index in [0.29, 0.717) is 10.6 Å². The number of hydrogen-bond donors (Lipinski definition) is 2. The van der Waals surface area contributed by atoms with Gasteiger partial charge in [0.05, 0.1) is 11.6 Å². The van der Waals surface area contributed by atoms with Crippen LogP contribution in [0.5, 0.6) is 5.88 Å². The van der Waals surface area contributed by atoms with E-state index in [4.69, 9.17) is 11.6 Å². The van der Waals surface area contributed by atoms with E-state index in [0.717, 1.165) is 4.57 Å². The number of nitrogens with one attached hydrogen (secondary N) is 1. The SMILES string of the molecule is Cc1c(O)n(C(C)c2ccccc2Cl)c(=O)[nH]c1=O. The molecule has 1 atom stereocenters. The van der Waals surface area contributed by atoms with E-state index in [1.165, 1.54) is 6.92 Å². The molecule has 5 nitrogen and oxygen atoms in total. The Morgan fingerprint density at radius 3 is 2.58 bits per heavy atom. The maximum absolute atomic E-state index is 11.8. The van der Waals surface area contributed by atoms with Gasteiger partial charge in [0, 0.05) is 5.02 Å². The molecule has 0 saturated carbocycles. The molecule has 0 bridgehead atoms. The van der Waals surface area contributed by atoms with Gasteiger partial charge < -0.3 is 5.11 Å². The average molecular weight is 281 g/mol. The van der Waals surface area contributed by atoms with Gasteiger partial charge in [-0.15, -0.1) is 0 Å². The van der Waals surface area contributed by atoms with E-state index in [1.807, 2.05) is 0 Å². The molecule has 19 heavy (non-hydrogen) atoms. The number of H-pyrrole nitrogens is 1. The Balaban J connectivity index is 2.67. The van der Waals surface area contributed by atoms with Crippen LogP contribution < -0.4 is 11.2 Å². The van der Waals surface area contributed by atoms with Crippen LogP contribution in [0.1, 0.15) is 24.1 Å². The highest BCUT2D eigenvalue weighted by Gasteiger charge is 2.18. The van der Waals surface area contributed by atoms with E-state index in [1.54, 1.807) is 31.2 Å². The van der Waals surface area contributed by atoms with Crippen molar-refractivity contribution in [2.75, 3.05) is 0 Å². The first-order chi connectivity index (χ1) is 8.93. The first-order valence-corrected chi connectivity index (χ1v) is 6.10. The molecule has 1 heterocycles. The molecule has 2 aromatic rings. The third-order valence-corrected chi connectivity index (χ3v) is 3.43. The average Bonchev–Trinajstić information content (AvgIpc) is 2.36. The standard InChI is InChI=1S/C13H13ClN2O3/c1-7-11(17)15-13(19)16(12(7)18)8(2)9-5-3-4-6-10(9)14/h3-6,8,18H,1-2H3,(H,15,17,19). The summed E-state index contributed by atoms with van der Waals surface area (Å²) in [5, 5.41) is 10.5. The molecule has 0 fully saturated rings. The lowest BCUT2D eigenvalue weighted by Crippen LogP contribution is -2.33. The van der Waals surface area contributed by atoms with Crippen LogP contribution >= 0.6 is 11.6 Å². The molecule has 0 amide bonds. The Bertz CT molecular complexity index is 733. The molecular weight excluding hydrogens is 268 g/mol. The van der Waals surface area contributed by atoms with Crippen LogP contribution in [0.4, 0.5) is 0 Å². The molecule has 1 aromatic carbocycles. The molecule has 6 heteroatoms. The number of aromatic nitrogens is 2. The minimum Gasteiger partial charge on any atom is -0.494 e. The lowest BCUT2D eigenvalue weighted by atomic mass is 10.1. The Labute approximate surface area is 114 Å². The zero-order chi connectivity index (χ0) is 14.2. The fourth-order valence-electron chi connectivity index (χ4n) is 1.94. The van der Waals surface area contributed by atoms with Crippen molar-refractivity contribution in [3.8, 4) is 5.88 Å². The summed E-state index contributed by atoms with van der Waals surface area (Å²) < 4.78 is 1.11. The van der Waals surface area contributed by atoms with Crippen LogP contribution in [0.25, 0.3) is 0 Å². The normalized spacial score (nSPS) is 12.4. The van der Waals surface area contributed by atoms with Gasteiger partial charge in [0.2, 0.25) is 5.88 Å². The topological polar surface area (TPSA) is 75.1 Å². The van der Waals surface area contributed by atoms with E-state index < -0.39 is 17.3 Å². The summed E-state index contributed by atoms with van der Waals surface area (Å²) in [7, 11) is 0.